The molecule has 38 heavy (non-hydrogen) atoms. The predicted molar refractivity (Wildman–Crippen MR) is 140 cm³/mol. The molecule has 1 saturated heterocycles. The van der Waals surface area contributed by atoms with Crippen LogP contribution in [0.25, 0.3) is 0 Å². The van der Waals surface area contributed by atoms with Gasteiger partial charge in [-0.1, -0.05) is 60.7 Å². The number of benzene rings is 3. The molecular formula is C30H31F2N3O3. The fraction of sp³-hybridized carbons (Fsp3) is 0.300. The van der Waals surface area contributed by atoms with E-state index in [1.807, 2.05) is 60.7 Å². The minimum atomic E-state index is -1.18. The van der Waals surface area contributed by atoms with Crippen molar-refractivity contribution in [2.45, 2.75) is 43.7 Å². The van der Waals surface area contributed by atoms with Crippen LogP contribution in [0.3, 0.4) is 0 Å². The van der Waals surface area contributed by atoms with Crippen molar-refractivity contribution in [1.29, 1.82) is 0 Å². The Balaban J connectivity index is 1.81. The van der Waals surface area contributed by atoms with Crippen LogP contribution in [0.4, 0.5) is 8.78 Å². The highest BCUT2D eigenvalue weighted by atomic mass is 19.1. The van der Waals surface area contributed by atoms with Gasteiger partial charge in [0.15, 0.2) is 0 Å². The Labute approximate surface area is 221 Å². The van der Waals surface area contributed by atoms with Crippen LogP contribution in [0.2, 0.25) is 0 Å². The molecule has 0 spiro atoms. The third kappa shape index (κ3) is 5.97. The third-order valence-corrected chi connectivity index (χ3v) is 6.99. The first-order valence-electron chi connectivity index (χ1n) is 12.6. The van der Waals surface area contributed by atoms with Gasteiger partial charge in [-0.25, -0.2) is 8.78 Å². The van der Waals surface area contributed by atoms with E-state index in [2.05, 4.69) is 0 Å². The number of likely N-dealkylation sites (N-methyl/N-ethyl adjacent to an activating group) is 1. The monoisotopic (exact) mass is 519 g/mol. The summed E-state index contributed by atoms with van der Waals surface area (Å²) in [4.78, 5) is 43.6. The Bertz CT molecular complexity index is 1280. The number of nitrogens with two attached hydrogens (primary N) is 1. The average molecular weight is 520 g/mol. The maximum Gasteiger partial charge on any atom is 0.246 e. The van der Waals surface area contributed by atoms with E-state index in [9.17, 15) is 23.2 Å². The highest BCUT2D eigenvalue weighted by Crippen LogP contribution is 2.38. The number of likely N-dealkylation sites (tertiary alicyclic amines) is 1. The Morgan fingerprint density at radius 3 is 2.08 bits per heavy atom. The molecule has 1 aliphatic rings. The van der Waals surface area contributed by atoms with Gasteiger partial charge >= 0.3 is 0 Å². The smallest absolute Gasteiger partial charge is 0.246 e. The second-order valence-electron chi connectivity index (χ2n) is 9.87. The summed E-state index contributed by atoms with van der Waals surface area (Å²) in [6, 6.07) is 19.6. The van der Waals surface area contributed by atoms with Crippen molar-refractivity contribution in [3.05, 3.63) is 107 Å². The quantitative estimate of drug-likeness (QED) is 0.534. The maximum absolute atomic E-state index is 14.0. The molecule has 3 aromatic rings. The number of carbonyl (C=O) groups excluding carboxylic acids is 3. The zero-order valence-corrected chi connectivity index (χ0v) is 21.4. The Kier molecular flexibility index (Phi) is 8.32. The lowest BCUT2D eigenvalue weighted by molar-refractivity contribution is -0.155. The number of carbonyl (C=O) groups is 3. The molecule has 4 atom stereocenters. The molecule has 0 aliphatic carbocycles. The van der Waals surface area contributed by atoms with Crippen molar-refractivity contribution in [2.75, 3.05) is 13.6 Å². The molecule has 198 valence electrons. The van der Waals surface area contributed by atoms with Gasteiger partial charge in [-0.3, -0.25) is 19.3 Å². The zero-order valence-electron chi connectivity index (χ0n) is 21.4. The zero-order chi connectivity index (χ0) is 27.4. The Morgan fingerprint density at radius 1 is 0.974 bits per heavy atom. The molecular weight excluding hydrogens is 488 g/mol. The summed E-state index contributed by atoms with van der Waals surface area (Å²) in [6.07, 6.45) is 0.0175. The molecule has 2 N–H and O–H groups in total. The van der Waals surface area contributed by atoms with E-state index in [0.29, 0.717) is 19.0 Å². The van der Waals surface area contributed by atoms with Crippen molar-refractivity contribution < 1.29 is 23.2 Å². The van der Waals surface area contributed by atoms with Crippen molar-refractivity contribution >= 4 is 17.7 Å². The van der Waals surface area contributed by atoms with Gasteiger partial charge in [0.2, 0.25) is 17.7 Å². The van der Waals surface area contributed by atoms with E-state index in [1.165, 1.54) is 6.92 Å². The van der Waals surface area contributed by atoms with Gasteiger partial charge in [-0.05, 0) is 42.2 Å². The molecule has 3 aromatic carbocycles. The maximum atomic E-state index is 14.0. The summed E-state index contributed by atoms with van der Waals surface area (Å²) < 4.78 is 27.7. The minimum Gasteiger partial charge on any atom is -0.343 e. The lowest BCUT2D eigenvalue weighted by Gasteiger charge is -2.36. The fourth-order valence-corrected chi connectivity index (χ4v) is 5.21. The van der Waals surface area contributed by atoms with Gasteiger partial charge < -0.3 is 10.6 Å². The number of hydrogen-bond acceptors (Lipinski definition) is 4. The van der Waals surface area contributed by atoms with E-state index in [0.717, 1.165) is 28.2 Å². The summed E-state index contributed by atoms with van der Waals surface area (Å²) in [7, 11) is 1.65. The van der Waals surface area contributed by atoms with Crippen LogP contribution in [0.5, 0.6) is 0 Å². The predicted octanol–water partition coefficient (Wildman–Crippen LogP) is 4.01. The van der Waals surface area contributed by atoms with Crippen LogP contribution in [-0.4, -0.2) is 53.2 Å². The summed E-state index contributed by atoms with van der Waals surface area (Å²) in [5, 5.41) is 0. The number of hydrogen-bond donors (Lipinski definition) is 1. The largest absolute Gasteiger partial charge is 0.343 e. The minimum absolute atomic E-state index is 0.0555. The first-order chi connectivity index (χ1) is 18.2. The van der Waals surface area contributed by atoms with Crippen LogP contribution >= 0.6 is 0 Å². The molecule has 0 aromatic heterocycles. The van der Waals surface area contributed by atoms with Crippen LogP contribution in [0.1, 0.15) is 41.9 Å². The average Bonchev–Trinajstić information content (AvgIpc) is 3.01. The lowest BCUT2D eigenvalue weighted by Crippen LogP contribution is -2.58. The highest BCUT2D eigenvalue weighted by Gasteiger charge is 2.45. The first kappa shape index (κ1) is 27.1. The molecule has 6 nitrogen and oxygen atoms in total. The highest BCUT2D eigenvalue weighted by molar-refractivity contribution is 6.03. The van der Waals surface area contributed by atoms with Crippen molar-refractivity contribution in [3.63, 3.8) is 0 Å². The summed E-state index contributed by atoms with van der Waals surface area (Å²) >= 11 is 0. The molecule has 0 saturated carbocycles. The molecule has 1 fully saturated rings. The van der Waals surface area contributed by atoms with Crippen molar-refractivity contribution in [1.82, 2.24) is 9.80 Å². The van der Waals surface area contributed by atoms with Gasteiger partial charge in [0.1, 0.15) is 17.7 Å². The van der Waals surface area contributed by atoms with Crippen molar-refractivity contribution in [3.8, 4) is 0 Å². The van der Waals surface area contributed by atoms with Gasteiger partial charge in [0, 0.05) is 31.5 Å². The first-order valence-corrected chi connectivity index (χ1v) is 12.6. The second-order valence-corrected chi connectivity index (χ2v) is 9.87. The summed E-state index contributed by atoms with van der Waals surface area (Å²) in [6.45, 7) is 1.84. The van der Waals surface area contributed by atoms with E-state index < -0.39 is 53.8 Å². The second kappa shape index (κ2) is 11.6. The number of amides is 3. The van der Waals surface area contributed by atoms with E-state index in [1.54, 1.807) is 11.9 Å². The molecule has 1 aliphatic heterocycles. The Morgan fingerprint density at radius 2 is 1.53 bits per heavy atom. The van der Waals surface area contributed by atoms with Gasteiger partial charge in [-0.2, -0.15) is 0 Å². The summed E-state index contributed by atoms with van der Waals surface area (Å²) in [5.74, 6) is -4.13. The van der Waals surface area contributed by atoms with Crippen LogP contribution < -0.4 is 5.73 Å². The van der Waals surface area contributed by atoms with E-state index >= 15 is 0 Å². The molecule has 4 rings (SSSR count). The number of rotatable bonds is 6. The molecule has 1 heterocycles. The lowest BCUT2D eigenvalue weighted by atomic mass is 9.81. The van der Waals surface area contributed by atoms with Gasteiger partial charge in [-0.15, -0.1) is 0 Å². The SMILES string of the molecule is C[C@H](N)C(=O)N(C(=O)Cc1cc(F)cc(F)c1)[C@@H]1C(=O)N(C)C[C@H](c2ccccc2)C[C@H]1c1ccccc1. The topological polar surface area (TPSA) is 83.7 Å². The molecule has 0 bridgehead atoms. The van der Waals surface area contributed by atoms with Gasteiger partial charge in [0.05, 0.1) is 12.5 Å². The third-order valence-electron chi connectivity index (χ3n) is 6.99. The molecule has 3 amide bonds. The molecule has 8 heteroatoms. The van der Waals surface area contributed by atoms with Crippen molar-refractivity contribution in [2.24, 2.45) is 5.73 Å². The van der Waals surface area contributed by atoms with Crippen LogP contribution in [0.15, 0.2) is 78.9 Å². The Hall–Kier alpha value is -3.91. The van der Waals surface area contributed by atoms with Crippen LogP contribution in [0, 0.1) is 11.6 Å². The number of nitrogens with zero attached hydrogens (tertiary/aromatic N) is 2. The van der Waals surface area contributed by atoms with Crippen LogP contribution in [-0.2, 0) is 20.8 Å². The van der Waals surface area contributed by atoms with E-state index in [4.69, 9.17) is 5.73 Å². The number of imide groups is 1. The standard InChI is InChI=1S/C30H31F2N3O3/c1-19(33)29(37)35(27(36)15-20-13-24(31)17-25(32)14-20)28-26(22-11-7-4-8-12-22)16-23(18-34(2)30(28)38)21-9-5-3-6-10-21/h3-14,17,19,23,26,28H,15-16,18,33H2,1-2H3/t19-,23+,26-,28-/m0/s1. The van der Waals surface area contributed by atoms with E-state index in [-0.39, 0.29) is 11.5 Å². The normalized spacial score (nSPS) is 20.5. The molecule has 0 radical (unpaired) electrons. The fourth-order valence-electron chi connectivity index (χ4n) is 5.21. The summed E-state index contributed by atoms with van der Waals surface area (Å²) in [5.41, 5.74) is 7.86. The molecule has 0 unspecified atom stereocenters. The van der Waals surface area contributed by atoms with Gasteiger partial charge in [0.25, 0.3) is 0 Å². The number of halogens is 2.